The smallest absolute Gasteiger partial charge is 0.257 e. The molecule has 0 atom stereocenters. The quantitative estimate of drug-likeness (QED) is 0.554. The fourth-order valence-electron chi connectivity index (χ4n) is 4.46. The Bertz CT molecular complexity index is 1000. The van der Waals surface area contributed by atoms with Gasteiger partial charge in [0.2, 0.25) is 0 Å². The lowest BCUT2D eigenvalue weighted by atomic mass is 9.95. The predicted octanol–water partition coefficient (Wildman–Crippen LogP) is 4.98. The number of nitrogen functional groups attached to an aromatic ring is 1. The predicted molar refractivity (Wildman–Crippen MR) is 118 cm³/mol. The number of carbonyl (C=O) groups is 1. The van der Waals surface area contributed by atoms with Crippen LogP contribution < -0.4 is 11.1 Å². The van der Waals surface area contributed by atoms with Crippen molar-refractivity contribution in [2.24, 2.45) is 0 Å². The van der Waals surface area contributed by atoms with E-state index in [0.717, 1.165) is 42.4 Å². The Morgan fingerprint density at radius 1 is 1.10 bits per heavy atom. The van der Waals surface area contributed by atoms with Crippen LogP contribution in [0.3, 0.4) is 0 Å². The highest BCUT2D eigenvalue weighted by Gasteiger charge is 2.28. The van der Waals surface area contributed by atoms with E-state index in [2.05, 4.69) is 16.8 Å². The minimum atomic E-state index is -0.136. The normalized spacial score (nSPS) is 15.2. The van der Waals surface area contributed by atoms with Crippen molar-refractivity contribution in [2.75, 3.05) is 12.3 Å². The van der Waals surface area contributed by atoms with Crippen LogP contribution in [0, 0.1) is 0 Å². The van der Waals surface area contributed by atoms with E-state index < -0.39 is 0 Å². The zero-order valence-electron chi connectivity index (χ0n) is 17.3. The van der Waals surface area contributed by atoms with Crippen LogP contribution in [-0.2, 0) is 0 Å². The molecule has 29 heavy (non-hydrogen) atoms. The largest absolute Gasteiger partial charge is 0.384 e. The van der Waals surface area contributed by atoms with E-state index in [1.54, 1.807) is 0 Å². The van der Waals surface area contributed by atoms with Gasteiger partial charge in [0.25, 0.3) is 5.91 Å². The highest BCUT2D eigenvalue weighted by molar-refractivity contribution is 6.10. The number of rotatable bonds is 7. The van der Waals surface area contributed by atoms with Crippen molar-refractivity contribution in [3.8, 4) is 0 Å². The SMILES string of the molecule is CCCCCCNC(=O)c1c(N)n(C2CCCCC2)c2nc3ccccc3nc12. The van der Waals surface area contributed by atoms with E-state index in [1.807, 2.05) is 24.3 Å². The summed E-state index contributed by atoms with van der Waals surface area (Å²) >= 11 is 0. The van der Waals surface area contributed by atoms with E-state index >= 15 is 0 Å². The summed E-state index contributed by atoms with van der Waals surface area (Å²) in [5.74, 6) is 0.372. The van der Waals surface area contributed by atoms with E-state index in [4.69, 9.17) is 15.7 Å². The molecule has 1 aliphatic rings. The summed E-state index contributed by atoms with van der Waals surface area (Å²) in [6.45, 7) is 2.85. The van der Waals surface area contributed by atoms with Crippen LogP contribution >= 0.6 is 0 Å². The van der Waals surface area contributed by atoms with Crippen molar-refractivity contribution in [3.05, 3.63) is 29.8 Å². The number of para-hydroxylation sites is 2. The van der Waals surface area contributed by atoms with Crippen LogP contribution in [0.25, 0.3) is 22.2 Å². The molecule has 4 rings (SSSR count). The summed E-state index contributed by atoms with van der Waals surface area (Å²) in [6.07, 6.45) is 10.2. The fourth-order valence-corrected chi connectivity index (χ4v) is 4.46. The lowest BCUT2D eigenvalue weighted by molar-refractivity contribution is 0.0955. The third-order valence-electron chi connectivity index (χ3n) is 6.02. The maximum absolute atomic E-state index is 13.1. The van der Waals surface area contributed by atoms with Crippen LogP contribution in [0.4, 0.5) is 5.82 Å². The number of nitrogens with two attached hydrogens (primary N) is 1. The number of unbranched alkanes of at least 4 members (excludes halogenated alkanes) is 3. The summed E-state index contributed by atoms with van der Waals surface area (Å²) < 4.78 is 2.08. The van der Waals surface area contributed by atoms with Gasteiger partial charge < -0.3 is 15.6 Å². The van der Waals surface area contributed by atoms with Crippen molar-refractivity contribution in [2.45, 2.75) is 70.8 Å². The highest BCUT2D eigenvalue weighted by Crippen LogP contribution is 2.36. The number of hydrogen-bond acceptors (Lipinski definition) is 4. The Kier molecular flexibility index (Phi) is 5.97. The van der Waals surface area contributed by atoms with Gasteiger partial charge in [0, 0.05) is 12.6 Å². The number of nitrogens with zero attached hydrogens (tertiary/aromatic N) is 3. The molecule has 0 radical (unpaired) electrons. The van der Waals surface area contributed by atoms with Crippen molar-refractivity contribution < 1.29 is 4.79 Å². The number of nitrogens with one attached hydrogen (secondary N) is 1. The maximum atomic E-state index is 13.1. The molecule has 6 nitrogen and oxygen atoms in total. The number of anilines is 1. The van der Waals surface area contributed by atoms with E-state index in [0.29, 0.717) is 23.4 Å². The van der Waals surface area contributed by atoms with E-state index in [-0.39, 0.29) is 11.9 Å². The summed E-state index contributed by atoms with van der Waals surface area (Å²) in [4.78, 5) is 22.8. The average Bonchev–Trinajstić information content (AvgIpc) is 3.03. The summed E-state index contributed by atoms with van der Waals surface area (Å²) in [6, 6.07) is 8.08. The second-order valence-electron chi connectivity index (χ2n) is 8.12. The third kappa shape index (κ3) is 3.93. The molecule has 0 unspecified atom stereocenters. The standard InChI is InChI=1S/C23H31N5O/c1-2-3-4-10-15-25-23(29)19-20-22(27-18-14-9-8-13-17(18)26-20)28(21(19)24)16-11-6-5-7-12-16/h8-9,13-14,16H,2-7,10-12,15,24H2,1H3,(H,25,29). The topological polar surface area (TPSA) is 85.8 Å². The van der Waals surface area contributed by atoms with Crippen molar-refractivity contribution in [1.82, 2.24) is 19.9 Å². The Morgan fingerprint density at radius 2 is 1.83 bits per heavy atom. The molecule has 1 amide bonds. The van der Waals surface area contributed by atoms with Crippen molar-refractivity contribution in [3.63, 3.8) is 0 Å². The molecule has 6 heteroatoms. The molecule has 2 aromatic heterocycles. The minimum absolute atomic E-state index is 0.136. The average molecular weight is 394 g/mol. The summed E-state index contributed by atoms with van der Waals surface area (Å²) in [5, 5.41) is 3.06. The number of aromatic nitrogens is 3. The van der Waals surface area contributed by atoms with Gasteiger partial charge in [0.1, 0.15) is 16.9 Å². The van der Waals surface area contributed by atoms with Gasteiger partial charge in [0.15, 0.2) is 5.65 Å². The van der Waals surface area contributed by atoms with Crippen LogP contribution in [-0.4, -0.2) is 27.0 Å². The van der Waals surface area contributed by atoms with Crippen LogP contribution in [0.1, 0.15) is 81.1 Å². The number of carbonyl (C=O) groups excluding carboxylic acids is 1. The Hall–Kier alpha value is -2.63. The second-order valence-corrected chi connectivity index (χ2v) is 8.12. The molecule has 1 aliphatic carbocycles. The van der Waals surface area contributed by atoms with Crippen LogP contribution in [0.15, 0.2) is 24.3 Å². The van der Waals surface area contributed by atoms with Gasteiger partial charge in [-0.05, 0) is 31.4 Å². The Labute approximate surface area is 171 Å². The fraction of sp³-hybridized carbons (Fsp3) is 0.522. The number of benzene rings is 1. The van der Waals surface area contributed by atoms with Gasteiger partial charge in [0.05, 0.1) is 11.0 Å². The van der Waals surface area contributed by atoms with Gasteiger partial charge >= 0.3 is 0 Å². The maximum Gasteiger partial charge on any atom is 0.257 e. The molecule has 1 aromatic carbocycles. The van der Waals surface area contributed by atoms with Gasteiger partial charge in [-0.15, -0.1) is 0 Å². The van der Waals surface area contributed by atoms with E-state index in [9.17, 15) is 4.79 Å². The van der Waals surface area contributed by atoms with Crippen molar-refractivity contribution >= 4 is 33.9 Å². The first-order valence-corrected chi connectivity index (χ1v) is 11.0. The monoisotopic (exact) mass is 393 g/mol. The molecule has 0 bridgehead atoms. The third-order valence-corrected chi connectivity index (χ3v) is 6.02. The van der Waals surface area contributed by atoms with E-state index in [1.165, 1.54) is 32.1 Å². The van der Waals surface area contributed by atoms with Gasteiger partial charge in [-0.3, -0.25) is 4.79 Å². The van der Waals surface area contributed by atoms with Crippen LogP contribution in [0.2, 0.25) is 0 Å². The molecule has 3 N–H and O–H groups in total. The number of hydrogen-bond donors (Lipinski definition) is 2. The molecule has 154 valence electrons. The molecule has 2 heterocycles. The molecular formula is C23H31N5O. The molecule has 3 aromatic rings. The lowest BCUT2D eigenvalue weighted by Gasteiger charge is -2.25. The molecule has 0 aliphatic heterocycles. The van der Waals surface area contributed by atoms with Crippen LogP contribution in [0.5, 0.6) is 0 Å². The first kappa shape index (κ1) is 19.7. The molecule has 0 spiro atoms. The molecule has 1 saturated carbocycles. The summed E-state index contributed by atoms with van der Waals surface area (Å²) in [7, 11) is 0. The van der Waals surface area contributed by atoms with Gasteiger partial charge in [-0.25, -0.2) is 9.97 Å². The zero-order valence-corrected chi connectivity index (χ0v) is 17.3. The van der Waals surface area contributed by atoms with Gasteiger partial charge in [-0.2, -0.15) is 0 Å². The number of fused-ring (bicyclic) bond motifs is 2. The molecule has 0 saturated heterocycles. The Balaban J connectivity index is 1.75. The second kappa shape index (κ2) is 8.80. The highest BCUT2D eigenvalue weighted by atomic mass is 16.1. The zero-order chi connectivity index (χ0) is 20.2. The first-order chi connectivity index (χ1) is 14.2. The Morgan fingerprint density at radius 3 is 2.55 bits per heavy atom. The molecule has 1 fully saturated rings. The van der Waals surface area contributed by atoms with Gasteiger partial charge in [-0.1, -0.05) is 57.6 Å². The number of amides is 1. The van der Waals surface area contributed by atoms with Crippen molar-refractivity contribution in [1.29, 1.82) is 0 Å². The minimum Gasteiger partial charge on any atom is -0.384 e. The summed E-state index contributed by atoms with van der Waals surface area (Å²) in [5.41, 5.74) is 10.1. The first-order valence-electron chi connectivity index (χ1n) is 11.0. The lowest BCUT2D eigenvalue weighted by Crippen LogP contribution is -2.25. The molecular weight excluding hydrogens is 362 g/mol.